The number of nitrogens with zero attached hydrogens (tertiary/aromatic N) is 2. The lowest BCUT2D eigenvalue weighted by atomic mass is 10.2. The van der Waals surface area contributed by atoms with Crippen LogP contribution >= 0.6 is 0 Å². The molecular weight excluding hydrogens is 276 g/mol. The van der Waals surface area contributed by atoms with Gasteiger partial charge in [0.2, 0.25) is 0 Å². The molecule has 0 aliphatic carbocycles. The fourth-order valence-electron chi connectivity index (χ4n) is 1.52. The van der Waals surface area contributed by atoms with E-state index in [1.54, 1.807) is 0 Å². The molecule has 114 valence electrons. The molecule has 0 bridgehead atoms. The topological polar surface area (TPSA) is 89.8 Å². The van der Waals surface area contributed by atoms with Gasteiger partial charge in [-0.1, -0.05) is 13.8 Å². The van der Waals surface area contributed by atoms with Crippen LogP contribution in [0.1, 0.15) is 24.2 Å². The van der Waals surface area contributed by atoms with Gasteiger partial charge in [-0.15, -0.1) is 0 Å². The number of non-ortho nitro benzene ring substituents is 1. The molecule has 0 spiro atoms. The Hall–Kier alpha value is -2.44. The van der Waals surface area contributed by atoms with Crippen LogP contribution in [0.3, 0.4) is 0 Å². The minimum atomic E-state index is -0.540. The Labute approximate surface area is 122 Å². The van der Waals surface area contributed by atoms with E-state index < -0.39 is 16.8 Å². The highest BCUT2D eigenvalue weighted by molar-refractivity contribution is 5.95. The lowest BCUT2D eigenvalue weighted by molar-refractivity contribution is -0.384. The Morgan fingerprint density at radius 1 is 1.29 bits per heavy atom. The summed E-state index contributed by atoms with van der Waals surface area (Å²) in [7, 11) is 1.47. The highest BCUT2D eigenvalue weighted by atomic mass is 16.6. The van der Waals surface area contributed by atoms with Gasteiger partial charge >= 0.3 is 5.97 Å². The fourth-order valence-corrected chi connectivity index (χ4v) is 1.52. The summed E-state index contributed by atoms with van der Waals surface area (Å²) in [5, 5.41) is 10.5. The predicted molar refractivity (Wildman–Crippen MR) is 75.9 cm³/mol. The number of carbonyl (C=O) groups is 2. The van der Waals surface area contributed by atoms with Crippen LogP contribution in [0.2, 0.25) is 0 Å². The highest BCUT2D eigenvalue weighted by Gasteiger charge is 2.17. The first-order chi connectivity index (χ1) is 9.81. The average Bonchev–Trinajstić information content (AvgIpc) is 2.44. The second kappa shape index (κ2) is 7.37. The normalized spacial score (nSPS) is 10.3. The number of nitro benzene ring substituents is 1. The van der Waals surface area contributed by atoms with Crippen molar-refractivity contribution in [2.75, 3.05) is 20.2 Å². The number of ether oxygens (including phenoxy) is 1. The zero-order chi connectivity index (χ0) is 16.0. The molecule has 1 rings (SSSR count). The lowest BCUT2D eigenvalue weighted by Gasteiger charge is -2.16. The molecule has 1 aromatic carbocycles. The average molecular weight is 294 g/mol. The van der Waals surface area contributed by atoms with Gasteiger partial charge in [0.25, 0.3) is 11.6 Å². The summed E-state index contributed by atoms with van der Waals surface area (Å²) in [5.74, 6) is -0.655. The lowest BCUT2D eigenvalue weighted by Crippen LogP contribution is -2.33. The summed E-state index contributed by atoms with van der Waals surface area (Å²) in [6.07, 6.45) is 0. The second-order valence-electron chi connectivity index (χ2n) is 5.04. The first-order valence-corrected chi connectivity index (χ1v) is 6.46. The Morgan fingerprint density at radius 2 is 1.86 bits per heavy atom. The van der Waals surface area contributed by atoms with E-state index in [-0.39, 0.29) is 23.7 Å². The molecule has 0 unspecified atom stereocenters. The van der Waals surface area contributed by atoms with E-state index in [1.807, 2.05) is 13.8 Å². The largest absolute Gasteiger partial charge is 0.464 e. The third-order valence-corrected chi connectivity index (χ3v) is 2.62. The van der Waals surface area contributed by atoms with Crippen LogP contribution < -0.4 is 0 Å². The van der Waals surface area contributed by atoms with Crippen molar-refractivity contribution in [2.24, 2.45) is 5.92 Å². The molecule has 0 aliphatic heterocycles. The van der Waals surface area contributed by atoms with Crippen LogP contribution in [0.5, 0.6) is 0 Å². The number of esters is 1. The minimum Gasteiger partial charge on any atom is -0.464 e. The van der Waals surface area contributed by atoms with Gasteiger partial charge in [0.15, 0.2) is 0 Å². The van der Waals surface area contributed by atoms with Gasteiger partial charge in [0.05, 0.1) is 11.5 Å². The standard InChI is InChI=1S/C14H18N2O5/c1-10(2)9-21-13(17)8-15(3)14(18)11-4-6-12(7-5-11)16(19)20/h4-7,10H,8-9H2,1-3H3. The number of benzene rings is 1. The SMILES string of the molecule is CC(C)COC(=O)CN(C)C(=O)c1ccc([N+](=O)[O-])cc1. The third kappa shape index (κ3) is 5.21. The van der Waals surface area contributed by atoms with Crippen LogP contribution in [0, 0.1) is 16.0 Å². The number of hydrogen-bond donors (Lipinski definition) is 0. The van der Waals surface area contributed by atoms with Crippen molar-refractivity contribution in [3.8, 4) is 0 Å². The van der Waals surface area contributed by atoms with E-state index in [0.717, 1.165) is 0 Å². The zero-order valence-electron chi connectivity index (χ0n) is 12.2. The molecule has 0 fully saturated rings. The van der Waals surface area contributed by atoms with Gasteiger partial charge in [-0.2, -0.15) is 0 Å². The second-order valence-corrected chi connectivity index (χ2v) is 5.04. The number of rotatable bonds is 6. The molecule has 0 heterocycles. The Morgan fingerprint density at radius 3 is 2.33 bits per heavy atom. The molecular formula is C14H18N2O5. The first-order valence-electron chi connectivity index (χ1n) is 6.46. The molecule has 7 heteroatoms. The van der Waals surface area contributed by atoms with Crippen LogP contribution in [0.4, 0.5) is 5.69 Å². The van der Waals surface area contributed by atoms with Crippen molar-refractivity contribution >= 4 is 17.6 Å². The zero-order valence-corrected chi connectivity index (χ0v) is 12.2. The van der Waals surface area contributed by atoms with E-state index >= 15 is 0 Å². The molecule has 0 radical (unpaired) electrons. The predicted octanol–water partition coefficient (Wildman–Crippen LogP) is 1.87. The molecule has 1 amide bonds. The van der Waals surface area contributed by atoms with Gasteiger partial charge in [-0.25, -0.2) is 0 Å². The maximum atomic E-state index is 12.0. The van der Waals surface area contributed by atoms with Crippen molar-refractivity contribution in [3.05, 3.63) is 39.9 Å². The number of carbonyl (C=O) groups excluding carboxylic acids is 2. The fraction of sp³-hybridized carbons (Fsp3) is 0.429. The molecule has 1 aromatic rings. The highest BCUT2D eigenvalue weighted by Crippen LogP contribution is 2.13. The first kappa shape index (κ1) is 16.6. The molecule has 0 aromatic heterocycles. The number of nitro groups is 1. The van der Waals surface area contributed by atoms with Gasteiger partial charge in [0.1, 0.15) is 6.54 Å². The third-order valence-electron chi connectivity index (χ3n) is 2.62. The smallest absolute Gasteiger partial charge is 0.325 e. The monoisotopic (exact) mass is 294 g/mol. The van der Waals surface area contributed by atoms with E-state index in [2.05, 4.69) is 0 Å². The maximum absolute atomic E-state index is 12.0. The van der Waals surface area contributed by atoms with Crippen LogP contribution in [-0.2, 0) is 9.53 Å². The van der Waals surface area contributed by atoms with Crippen LogP contribution in [-0.4, -0.2) is 41.9 Å². The van der Waals surface area contributed by atoms with Gasteiger partial charge in [-0.05, 0) is 18.1 Å². The molecule has 7 nitrogen and oxygen atoms in total. The van der Waals surface area contributed by atoms with Crippen molar-refractivity contribution in [3.63, 3.8) is 0 Å². The molecule has 0 saturated heterocycles. The van der Waals surface area contributed by atoms with Crippen molar-refractivity contribution in [1.82, 2.24) is 4.90 Å². The van der Waals surface area contributed by atoms with E-state index in [1.165, 1.54) is 36.2 Å². The molecule has 0 N–H and O–H groups in total. The summed E-state index contributed by atoms with van der Waals surface area (Å²) in [6, 6.07) is 5.21. The Kier molecular flexibility index (Phi) is 5.83. The van der Waals surface area contributed by atoms with Crippen molar-refractivity contribution < 1.29 is 19.2 Å². The summed E-state index contributed by atoms with van der Waals surface area (Å²) in [4.78, 5) is 34.8. The summed E-state index contributed by atoms with van der Waals surface area (Å²) in [6.45, 7) is 3.97. The van der Waals surface area contributed by atoms with E-state index in [9.17, 15) is 19.7 Å². The summed E-state index contributed by atoms with van der Waals surface area (Å²) in [5.41, 5.74) is 0.185. The van der Waals surface area contributed by atoms with Crippen LogP contribution in [0.25, 0.3) is 0 Å². The molecule has 0 atom stereocenters. The van der Waals surface area contributed by atoms with E-state index in [4.69, 9.17) is 4.74 Å². The molecule has 0 saturated carbocycles. The summed E-state index contributed by atoms with van der Waals surface area (Å²) < 4.78 is 4.99. The van der Waals surface area contributed by atoms with Crippen LogP contribution in [0.15, 0.2) is 24.3 Å². The molecule has 21 heavy (non-hydrogen) atoms. The number of amides is 1. The molecule has 0 aliphatic rings. The van der Waals surface area contributed by atoms with Crippen molar-refractivity contribution in [1.29, 1.82) is 0 Å². The van der Waals surface area contributed by atoms with Gasteiger partial charge in [0, 0.05) is 24.7 Å². The van der Waals surface area contributed by atoms with Crippen molar-refractivity contribution in [2.45, 2.75) is 13.8 Å². The maximum Gasteiger partial charge on any atom is 0.325 e. The number of hydrogen-bond acceptors (Lipinski definition) is 5. The number of likely N-dealkylation sites (N-methyl/N-ethyl adjacent to an activating group) is 1. The Balaban J connectivity index is 2.61. The summed E-state index contributed by atoms with van der Waals surface area (Å²) >= 11 is 0. The van der Waals surface area contributed by atoms with E-state index in [0.29, 0.717) is 6.61 Å². The van der Waals surface area contributed by atoms with Gasteiger partial charge < -0.3 is 9.64 Å². The van der Waals surface area contributed by atoms with Gasteiger partial charge in [-0.3, -0.25) is 19.7 Å². The minimum absolute atomic E-state index is 0.0921. The quantitative estimate of drug-likeness (QED) is 0.454. The Bertz CT molecular complexity index is 525.